The van der Waals surface area contributed by atoms with E-state index in [2.05, 4.69) is 21.3 Å². The number of hydrogen-bond acceptors (Lipinski definition) is 8. The molecular formula is C37H38Cl2N8O4. The summed E-state index contributed by atoms with van der Waals surface area (Å²) >= 11 is 14.2. The summed E-state index contributed by atoms with van der Waals surface area (Å²) in [6.45, 7) is 2.20. The highest BCUT2D eigenvalue weighted by Gasteiger charge is 2.23. The second-order valence-corrected chi connectivity index (χ2v) is 13.6. The molecule has 0 spiro atoms. The van der Waals surface area contributed by atoms with Crippen LogP contribution in [0, 0.1) is 0 Å². The molecule has 12 nitrogen and oxygen atoms in total. The number of aryl methyl sites for hydroxylation is 1. The Morgan fingerprint density at radius 2 is 1.41 bits per heavy atom. The molecule has 0 radical (unpaired) electrons. The van der Waals surface area contributed by atoms with Gasteiger partial charge in [0.15, 0.2) is 5.65 Å². The number of fused-ring (bicyclic) bond motifs is 1. The zero-order chi connectivity index (χ0) is 35.6. The van der Waals surface area contributed by atoms with Crippen LogP contribution in [0.15, 0.2) is 65.5 Å². The second kappa shape index (κ2) is 14.8. The Morgan fingerprint density at radius 3 is 2.04 bits per heavy atom. The number of nitrogens with zero attached hydrogens (tertiary/aromatic N) is 4. The van der Waals surface area contributed by atoms with Gasteiger partial charge in [0, 0.05) is 98.1 Å². The van der Waals surface area contributed by atoms with E-state index in [1.54, 1.807) is 18.8 Å². The molecule has 2 aromatic carbocycles. The average molecular weight is 730 g/mol. The molecule has 7 rings (SSSR count). The number of carbonyl (C=O) groups excluding carboxylic acids is 2. The Morgan fingerprint density at radius 1 is 0.804 bits per heavy atom. The Bertz CT molecular complexity index is 2200. The molecule has 0 aliphatic carbocycles. The van der Waals surface area contributed by atoms with Gasteiger partial charge in [-0.25, -0.2) is 9.97 Å². The first kappa shape index (κ1) is 34.7. The molecule has 2 saturated heterocycles. The summed E-state index contributed by atoms with van der Waals surface area (Å²) in [5.74, 6) is 0.639. The number of nitrogens with one attached hydrogen (secondary N) is 4. The molecule has 2 aliphatic rings. The molecule has 0 bridgehead atoms. The molecule has 2 amide bonds. The van der Waals surface area contributed by atoms with Gasteiger partial charge in [-0.3, -0.25) is 19.1 Å². The van der Waals surface area contributed by atoms with Gasteiger partial charge >= 0.3 is 0 Å². The molecule has 2 aliphatic heterocycles. The van der Waals surface area contributed by atoms with Gasteiger partial charge in [-0.2, -0.15) is 4.52 Å². The fraction of sp³-hybridized carbons (Fsp3) is 0.324. The van der Waals surface area contributed by atoms with E-state index >= 15 is 0 Å². The van der Waals surface area contributed by atoms with Gasteiger partial charge in [0.1, 0.15) is 0 Å². The van der Waals surface area contributed by atoms with Crippen molar-refractivity contribution < 1.29 is 14.3 Å². The van der Waals surface area contributed by atoms with E-state index in [9.17, 15) is 14.4 Å². The van der Waals surface area contributed by atoms with Crippen LogP contribution < -0.4 is 31.6 Å². The largest absolute Gasteiger partial charge is 0.481 e. The van der Waals surface area contributed by atoms with E-state index in [0.29, 0.717) is 83.2 Å². The van der Waals surface area contributed by atoms with E-state index in [4.69, 9.17) is 37.9 Å². The van der Waals surface area contributed by atoms with E-state index in [0.717, 1.165) is 35.1 Å². The highest BCUT2D eigenvalue weighted by molar-refractivity contribution is 6.39. The Hall–Kier alpha value is -4.75. The molecule has 264 valence electrons. The van der Waals surface area contributed by atoms with Crippen molar-refractivity contribution in [3.63, 3.8) is 0 Å². The van der Waals surface area contributed by atoms with Crippen molar-refractivity contribution in [3.05, 3.63) is 92.3 Å². The monoisotopic (exact) mass is 728 g/mol. The van der Waals surface area contributed by atoms with Crippen LogP contribution >= 0.6 is 23.2 Å². The van der Waals surface area contributed by atoms with E-state index in [1.807, 2.05) is 54.6 Å². The van der Waals surface area contributed by atoms with E-state index < -0.39 is 0 Å². The third-order valence-electron chi connectivity index (χ3n) is 9.43. The molecule has 5 aromatic rings. The molecule has 51 heavy (non-hydrogen) atoms. The average Bonchev–Trinajstić information content (AvgIpc) is 3.83. The maximum absolute atomic E-state index is 13.2. The molecule has 4 N–H and O–H groups in total. The van der Waals surface area contributed by atoms with Gasteiger partial charge in [-0.15, -0.1) is 0 Å². The number of aromatic nitrogens is 4. The van der Waals surface area contributed by atoms with Gasteiger partial charge in [0.25, 0.3) is 5.56 Å². The number of benzene rings is 2. The van der Waals surface area contributed by atoms with Crippen LogP contribution in [0.3, 0.4) is 0 Å². The Balaban J connectivity index is 1.13. The van der Waals surface area contributed by atoms with Crippen LogP contribution in [0.4, 0.5) is 0 Å². The van der Waals surface area contributed by atoms with Crippen molar-refractivity contribution in [2.45, 2.75) is 50.9 Å². The fourth-order valence-corrected chi connectivity index (χ4v) is 7.48. The van der Waals surface area contributed by atoms with Gasteiger partial charge < -0.3 is 26.0 Å². The number of ether oxygens (including phenoxy) is 1. The van der Waals surface area contributed by atoms with Crippen LogP contribution in [-0.2, 0) is 29.7 Å². The lowest BCUT2D eigenvalue weighted by atomic mass is 9.98. The summed E-state index contributed by atoms with van der Waals surface area (Å²) in [6, 6.07) is 18.9. The number of halogens is 2. The summed E-state index contributed by atoms with van der Waals surface area (Å²) in [7, 11) is 3.39. The van der Waals surface area contributed by atoms with Gasteiger partial charge in [0.05, 0.1) is 34.2 Å². The van der Waals surface area contributed by atoms with Gasteiger partial charge in [0.2, 0.25) is 17.7 Å². The number of amides is 2. The molecule has 3 aromatic heterocycles. The summed E-state index contributed by atoms with van der Waals surface area (Å²) in [5, 5.41) is 13.6. The van der Waals surface area contributed by atoms with Crippen molar-refractivity contribution in [3.8, 4) is 39.5 Å². The zero-order valence-corrected chi connectivity index (χ0v) is 29.8. The molecular weight excluding hydrogens is 691 g/mol. The minimum Gasteiger partial charge on any atom is -0.481 e. The number of methoxy groups -OCH3 is 1. The lowest BCUT2D eigenvalue weighted by Crippen LogP contribution is -2.35. The van der Waals surface area contributed by atoms with Gasteiger partial charge in [-0.1, -0.05) is 65.7 Å². The van der Waals surface area contributed by atoms with Crippen molar-refractivity contribution in [1.29, 1.82) is 0 Å². The first-order valence-electron chi connectivity index (χ1n) is 16.9. The molecule has 2 atom stereocenters. The minimum atomic E-state index is -0.213. The van der Waals surface area contributed by atoms with Crippen molar-refractivity contribution in [1.82, 2.24) is 40.4 Å². The number of hydrogen-bond donors (Lipinski definition) is 4. The lowest BCUT2D eigenvalue weighted by Gasteiger charge is -2.16. The Kier molecular flexibility index (Phi) is 10.1. The first-order chi connectivity index (χ1) is 24.7. The predicted octanol–water partition coefficient (Wildman–Crippen LogP) is 4.48. The number of rotatable bonds is 12. The SMILES string of the molecule is COc1nc(-c2cccc(-c3cccc(-c4cc5nc(CNC[C@@H]6CCC(=O)N6)cc(=O)n5n4C)c3Cl)c2Cl)ccc1CNC[C@@H]1CCC(=O)N1. The third-order valence-corrected chi connectivity index (χ3v) is 10.2. The van der Waals surface area contributed by atoms with Crippen molar-refractivity contribution >= 4 is 40.7 Å². The van der Waals surface area contributed by atoms with Crippen LogP contribution in [0.5, 0.6) is 5.88 Å². The normalized spacial score (nSPS) is 17.3. The molecule has 2 fully saturated rings. The topological polar surface area (TPSA) is 144 Å². The second-order valence-electron chi connectivity index (χ2n) is 12.9. The van der Waals surface area contributed by atoms with Crippen LogP contribution in [-0.4, -0.2) is 63.3 Å². The van der Waals surface area contributed by atoms with Gasteiger partial charge in [-0.05, 0) is 18.9 Å². The van der Waals surface area contributed by atoms with Crippen LogP contribution in [0.2, 0.25) is 10.0 Å². The van der Waals surface area contributed by atoms with Crippen molar-refractivity contribution in [2.24, 2.45) is 7.05 Å². The first-order valence-corrected chi connectivity index (χ1v) is 17.7. The predicted molar refractivity (Wildman–Crippen MR) is 197 cm³/mol. The molecule has 14 heteroatoms. The molecule has 0 unspecified atom stereocenters. The summed E-state index contributed by atoms with van der Waals surface area (Å²) in [6.07, 6.45) is 2.72. The minimum absolute atomic E-state index is 0.0650. The maximum Gasteiger partial charge on any atom is 0.273 e. The summed E-state index contributed by atoms with van der Waals surface area (Å²) in [4.78, 5) is 45.8. The van der Waals surface area contributed by atoms with Crippen LogP contribution in [0.1, 0.15) is 36.9 Å². The van der Waals surface area contributed by atoms with E-state index in [-0.39, 0.29) is 29.5 Å². The highest BCUT2D eigenvalue weighted by atomic mass is 35.5. The maximum atomic E-state index is 13.2. The van der Waals surface area contributed by atoms with E-state index in [1.165, 1.54) is 10.6 Å². The highest BCUT2D eigenvalue weighted by Crippen LogP contribution is 2.42. The summed E-state index contributed by atoms with van der Waals surface area (Å²) in [5.41, 5.74) is 6.03. The fourth-order valence-electron chi connectivity index (χ4n) is 6.83. The molecule has 5 heterocycles. The third kappa shape index (κ3) is 7.22. The standard InChI is InChI=1S/C37H38Cl2N8O4/c1-46-30(16-31-42-24(15-34(50)47(31)46)20-41-19-23-11-14-33(49)44-23)28-8-4-6-26(36(28)39)25-5-3-7-27(35(25)38)29-12-9-21(37(45-29)51-2)17-40-18-22-10-13-32(48)43-22/h3-9,12,15-16,22-23,40-41H,10-11,13-14,17-20H2,1-2H3,(H,43,48)(H,44,49)/t22-,23-/m0/s1. The van der Waals surface area contributed by atoms with Crippen LogP contribution in [0.25, 0.3) is 39.3 Å². The Labute approximate surface area is 304 Å². The quantitative estimate of drug-likeness (QED) is 0.147. The smallest absolute Gasteiger partial charge is 0.273 e. The summed E-state index contributed by atoms with van der Waals surface area (Å²) < 4.78 is 8.90. The zero-order valence-electron chi connectivity index (χ0n) is 28.3. The lowest BCUT2D eigenvalue weighted by molar-refractivity contribution is -0.120. The number of pyridine rings is 1. The van der Waals surface area contributed by atoms with Crippen molar-refractivity contribution in [2.75, 3.05) is 20.2 Å². The molecule has 0 saturated carbocycles. The number of carbonyl (C=O) groups is 2.